The maximum absolute atomic E-state index is 12.3. The standard InChI is InChI=1S/C18H24N4O2/c1-3-16-10-13(8-9-24-16)11-17(23)20-15-6-4-14(5-7-15)18-21-19-12-22(18)2/h4-7,12-13,16H,3,8-11H2,1-2H3,(H,20,23)/t13-,16-/m1/s1. The van der Waals surface area contributed by atoms with Gasteiger partial charge in [-0.2, -0.15) is 0 Å². The molecule has 128 valence electrons. The molecule has 1 saturated heterocycles. The van der Waals surface area contributed by atoms with Crippen molar-refractivity contribution >= 4 is 11.6 Å². The van der Waals surface area contributed by atoms with Gasteiger partial charge in [0.05, 0.1) is 6.10 Å². The van der Waals surface area contributed by atoms with Crippen molar-refractivity contribution in [3.05, 3.63) is 30.6 Å². The molecular weight excluding hydrogens is 304 g/mol. The predicted molar refractivity (Wildman–Crippen MR) is 92.4 cm³/mol. The Hall–Kier alpha value is -2.21. The van der Waals surface area contributed by atoms with Gasteiger partial charge < -0.3 is 14.6 Å². The molecule has 1 N–H and O–H groups in total. The summed E-state index contributed by atoms with van der Waals surface area (Å²) in [4.78, 5) is 12.3. The number of hydrogen-bond donors (Lipinski definition) is 1. The Bertz CT molecular complexity index is 681. The Morgan fingerprint density at radius 3 is 2.83 bits per heavy atom. The van der Waals surface area contributed by atoms with E-state index in [9.17, 15) is 4.79 Å². The second-order valence-corrected chi connectivity index (χ2v) is 6.39. The fourth-order valence-corrected chi connectivity index (χ4v) is 3.15. The number of anilines is 1. The lowest BCUT2D eigenvalue weighted by molar-refractivity contribution is -0.118. The highest BCUT2D eigenvalue weighted by molar-refractivity contribution is 5.91. The maximum Gasteiger partial charge on any atom is 0.224 e. The molecule has 24 heavy (non-hydrogen) atoms. The molecule has 1 aliphatic heterocycles. The molecule has 2 heterocycles. The number of hydrogen-bond acceptors (Lipinski definition) is 4. The summed E-state index contributed by atoms with van der Waals surface area (Å²) in [5, 5.41) is 10.9. The maximum atomic E-state index is 12.3. The van der Waals surface area contributed by atoms with Gasteiger partial charge in [-0.15, -0.1) is 10.2 Å². The van der Waals surface area contributed by atoms with E-state index < -0.39 is 0 Å². The van der Waals surface area contributed by atoms with E-state index in [1.165, 1.54) is 0 Å². The number of ether oxygens (including phenoxy) is 1. The van der Waals surface area contributed by atoms with Gasteiger partial charge in [0, 0.05) is 31.3 Å². The highest BCUT2D eigenvalue weighted by Crippen LogP contribution is 2.25. The molecule has 0 aliphatic carbocycles. The van der Waals surface area contributed by atoms with Crippen LogP contribution in [0.1, 0.15) is 32.6 Å². The Morgan fingerprint density at radius 1 is 1.38 bits per heavy atom. The molecule has 1 fully saturated rings. The summed E-state index contributed by atoms with van der Waals surface area (Å²) in [5.74, 6) is 1.30. The molecule has 2 atom stereocenters. The van der Waals surface area contributed by atoms with Gasteiger partial charge >= 0.3 is 0 Å². The van der Waals surface area contributed by atoms with Crippen LogP contribution in [-0.2, 0) is 16.6 Å². The molecule has 0 bridgehead atoms. The van der Waals surface area contributed by atoms with Crippen LogP contribution in [0.25, 0.3) is 11.4 Å². The van der Waals surface area contributed by atoms with Crippen LogP contribution in [0.2, 0.25) is 0 Å². The third-order valence-electron chi connectivity index (χ3n) is 4.54. The Balaban J connectivity index is 1.56. The van der Waals surface area contributed by atoms with Crippen molar-refractivity contribution in [3.8, 4) is 11.4 Å². The van der Waals surface area contributed by atoms with E-state index in [4.69, 9.17) is 4.74 Å². The molecule has 2 aromatic rings. The normalized spacial score (nSPS) is 20.8. The fourth-order valence-electron chi connectivity index (χ4n) is 3.15. The van der Waals surface area contributed by atoms with Crippen LogP contribution in [-0.4, -0.2) is 33.4 Å². The number of amides is 1. The van der Waals surface area contributed by atoms with Crippen molar-refractivity contribution < 1.29 is 9.53 Å². The first-order valence-electron chi connectivity index (χ1n) is 8.51. The van der Waals surface area contributed by atoms with E-state index >= 15 is 0 Å². The number of nitrogens with zero attached hydrogens (tertiary/aromatic N) is 3. The molecule has 1 aliphatic rings. The lowest BCUT2D eigenvalue weighted by Crippen LogP contribution is -2.28. The average Bonchev–Trinajstić information content (AvgIpc) is 3.01. The van der Waals surface area contributed by atoms with Crippen molar-refractivity contribution in [1.29, 1.82) is 0 Å². The Kier molecular flexibility index (Phi) is 5.25. The lowest BCUT2D eigenvalue weighted by Gasteiger charge is -2.28. The molecular formula is C18H24N4O2. The number of carbonyl (C=O) groups excluding carboxylic acids is 1. The first kappa shape index (κ1) is 16.6. The largest absolute Gasteiger partial charge is 0.378 e. The zero-order valence-corrected chi connectivity index (χ0v) is 14.2. The van der Waals surface area contributed by atoms with Crippen molar-refractivity contribution in [2.75, 3.05) is 11.9 Å². The topological polar surface area (TPSA) is 69.0 Å². The lowest BCUT2D eigenvalue weighted by atomic mass is 9.91. The van der Waals surface area contributed by atoms with Crippen LogP contribution in [0.15, 0.2) is 30.6 Å². The molecule has 6 heteroatoms. The number of aromatic nitrogens is 3. The highest BCUT2D eigenvalue weighted by atomic mass is 16.5. The smallest absolute Gasteiger partial charge is 0.224 e. The number of benzene rings is 1. The SMILES string of the molecule is CC[C@@H]1C[C@H](CC(=O)Nc2ccc(-c3nncn3C)cc2)CCO1. The van der Waals surface area contributed by atoms with Crippen LogP contribution in [0.5, 0.6) is 0 Å². The van der Waals surface area contributed by atoms with Gasteiger partial charge in [0.2, 0.25) is 5.91 Å². The van der Waals surface area contributed by atoms with Crippen LogP contribution >= 0.6 is 0 Å². The summed E-state index contributed by atoms with van der Waals surface area (Å²) >= 11 is 0. The van der Waals surface area contributed by atoms with Gasteiger partial charge in [0.25, 0.3) is 0 Å². The molecule has 1 aromatic heterocycles. The summed E-state index contributed by atoms with van der Waals surface area (Å²) in [7, 11) is 1.91. The van der Waals surface area contributed by atoms with Gasteiger partial charge in [0.15, 0.2) is 5.82 Å². The second-order valence-electron chi connectivity index (χ2n) is 6.39. The van der Waals surface area contributed by atoms with Gasteiger partial charge in [-0.05, 0) is 49.4 Å². The third kappa shape index (κ3) is 4.00. The number of carbonyl (C=O) groups is 1. The van der Waals surface area contributed by atoms with E-state index in [0.29, 0.717) is 18.4 Å². The summed E-state index contributed by atoms with van der Waals surface area (Å²) in [6.45, 7) is 2.90. The molecule has 0 spiro atoms. The molecule has 1 amide bonds. The van der Waals surface area contributed by atoms with Crippen LogP contribution in [0.4, 0.5) is 5.69 Å². The van der Waals surface area contributed by atoms with E-state index in [1.807, 2.05) is 35.9 Å². The summed E-state index contributed by atoms with van der Waals surface area (Å²) in [6, 6.07) is 7.70. The van der Waals surface area contributed by atoms with Gasteiger partial charge in [0.1, 0.15) is 6.33 Å². The number of aryl methyl sites for hydroxylation is 1. The monoisotopic (exact) mass is 328 g/mol. The van der Waals surface area contributed by atoms with Crippen molar-refractivity contribution in [1.82, 2.24) is 14.8 Å². The number of rotatable bonds is 5. The molecule has 0 unspecified atom stereocenters. The van der Waals surface area contributed by atoms with E-state index in [1.54, 1.807) is 6.33 Å². The fraction of sp³-hybridized carbons (Fsp3) is 0.500. The second kappa shape index (κ2) is 7.57. The molecule has 0 saturated carbocycles. The Labute approximate surface area is 142 Å². The van der Waals surface area contributed by atoms with Crippen molar-refractivity contribution in [2.45, 2.75) is 38.7 Å². The van der Waals surface area contributed by atoms with E-state index in [2.05, 4.69) is 22.4 Å². The predicted octanol–water partition coefficient (Wildman–Crippen LogP) is 3.02. The molecule has 1 aromatic carbocycles. The van der Waals surface area contributed by atoms with Crippen LogP contribution < -0.4 is 5.32 Å². The zero-order chi connectivity index (χ0) is 16.9. The minimum Gasteiger partial charge on any atom is -0.378 e. The van der Waals surface area contributed by atoms with Crippen molar-refractivity contribution in [3.63, 3.8) is 0 Å². The van der Waals surface area contributed by atoms with Gasteiger partial charge in [-0.3, -0.25) is 4.79 Å². The van der Waals surface area contributed by atoms with E-state index in [-0.39, 0.29) is 5.91 Å². The first-order chi connectivity index (χ1) is 11.7. The third-order valence-corrected chi connectivity index (χ3v) is 4.54. The van der Waals surface area contributed by atoms with Crippen molar-refractivity contribution in [2.24, 2.45) is 13.0 Å². The van der Waals surface area contributed by atoms with Gasteiger partial charge in [-0.25, -0.2) is 0 Å². The van der Waals surface area contributed by atoms with E-state index in [0.717, 1.165) is 42.9 Å². The molecule has 6 nitrogen and oxygen atoms in total. The summed E-state index contributed by atoms with van der Waals surface area (Å²) < 4.78 is 7.53. The molecule has 3 rings (SSSR count). The molecule has 0 radical (unpaired) electrons. The Morgan fingerprint density at radius 2 is 2.17 bits per heavy atom. The minimum absolute atomic E-state index is 0.0724. The van der Waals surface area contributed by atoms with Gasteiger partial charge in [-0.1, -0.05) is 6.92 Å². The summed E-state index contributed by atoms with van der Waals surface area (Å²) in [5.41, 5.74) is 1.79. The van der Waals surface area contributed by atoms with Crippen LogP contribution in [0.3, 0.4) is 0 Å². The summed E-state index contributed by atoms with van der Waals surface area (Å²) in [6.07, 6.45) is 5.50. The average molecular weight is 328 g/mol. The minimum atomic E-state index is 0.0724. The van der Waals surface area contributed by atoms with Crippen LogP contribution in [0, 0.1) is 5.92 Å². The quantitative estimate of drug-likeness (QED) is 0.916. The zero-order valence-electron chi connectivity index (χ0n) is 14.2. The highest BCUT2D eigenvalue weighted by Gasteiger charge is 2.23. The first-order valence-corrected chi connectivity index (χ1v) is 8.51. The number of nitrogens with one attached hydrogen (secondary N) is 1.